The molecule has 0 heterocycles. The van der Waals surface area contributed by atoms with Crippen LogP contribution >= 0.6 is 6.29 Å². The fraction of sp³-hybridized carbons (Fsp3) is 1.00. The van der Waals surface area contributed by atoms with Crippen molar-refractivity contribution in [1.82, 2.24) is 0 Å². The molecule has 16 heavy (non-hydrogen) atoms. The van der Waals surface area contributed by atoms with Gasteiger partial charge < -0.3 is 0 Å². The van der Waals surface area contributed by atoms with E-state index >= 15 is 0 Å². The van der Waals surface area contributed by atoms with Crippen molar-refractivity contribution < 1.29 is 29.3 Å². The SMILES string of the molecule is O=P(O)([SeH])OCCCCC(CO)(CO)CO. The Morgan fingerprint density at radius 3 is 2.00 bits per heavy atom. The molecule has 0 saturated heterocycles. The Balaban J connectivity index is 3.76. The van der Waals surface area contributed by atoms with Crippen LogP contribution in [0.1, 0.15) is 19.3 Å². The van der Waals surface area contributed by atoms with Gasteiger partial charge in [-0.25, -0.2) is 0 Å². The molecule has 0 aliphatic heterocycles. The van der Waals surface area contributed by atoms with E-state index in [0.29, 0.717) is 19.3 Å². The summed E-state index contributed by atoms with van der Waals surface area (Å²) in [5.74, 6) is 0. The van der Waals surface area contributed by atoms with E-state index in [0.717, 1.165) is 0 Å². The molecule has 0 rings (SSSR count). The van der Waals surface area contributed by atoms with E-state index in [1.54, 1.807) is 15.6 Å². The summed E-state index contributed by atoms with van der Waals surface area (Å²) in [6, 6.07) is 0. The van der Waals surface area contributed by atoms with E-state index in [2.05, 4.69) is 4.52 Å². The van der Waals surface area contributed by atoms with Crippen molar-refractivity contribution in [3.05, 3.63) is 0 Å². The van der Waals surface area contributed by atoms with Gasteiger partial charge in [0.05, 0.1) is 0 Å². The molecule has 1 unspecified atom stereocenters. The van der Waals surface area contributed by atoms with Crippen LogP contribution in [0.4, 0.5) is 0 Å². The van der Waals surface area contributed by atoms with Gasteiger partial charge in [0.1, 0.15) is 0 Å². The standard InChI is InChI=1S/C8H19O6PSe/c9-5-8(6-10,7-11)3-1-2-4-14-15(12,13)16/h9-11H,1-7H2,(H2,12,13,16). The molecule has 0 saturated carbocycles. The van der Waals surface area contributed by atoms with Gasteiger partial charge in [0, 0.05) is 0 Å². The third kappa shape index (κ3) is 6.99. The zero-order valence-electron chi connectivity index (χ0n) is 8.95. The molecule has 4 N–H and O–H groups in total. The quantitative estimate of drug-likeness (QED) is 0.250. The van der Waals surface area contributed by atoms with Gasteiger partial charge in [-0.3, -0.25) is 0 Å². The summed E-state index contributed by atoms with van der Waals surface area (Å²) in [6.45, 7) is -0.723. The molecule has 0 bridgehead atoms. The predicted molar refractivity (Wildman–Crippen MR) is 60.5 cm³/mol. The van der Waals surface area contributed by atoms with Crippen LogP contribution < -0.4 is 0 Å². The van der Waals surface area contributed by atoms with Gasteiger partial charge in [-0.1, -0.05) is 0 Å². The normalized spacial score (nSPS) is 16.1. The third-order valence-corrected chi connectivity index (χ3v) is 3.61. The van der Waals surface area contributed by atoms with Crippen LogP contribution in [0.2, 0.25) is 0 Å². The second-order valence-corrected chi connectivity index (χ2v) is 8.18. The van der Waals surface area contributed by atoms with Crippen LogP contribution in [0.15, 0.2) is 0 Å². The van der Waals surface area contributed by atoms with Gasteiger partial charge in [-0.2, -0.15) is 0 Å². The summed E-state index contributed by atoms with van der Waals surface area (Å²) in [5.41, 5.74) is -0.870. The molecule has 98 valence electrons. The summed E-state index contributed by atoms with van der Waals surface area (Å²) in [4.78, 5) is 8.80. The first kappa shape index (κ1) is 16.5. The summed E-state index contributed by atoms with van der Waals surface area (Å²) in [5, 5.41) is 27.1. The predicted octanol–water partition coefficient (Wildman–Crippen LogP) is -0.862. The van der Waals surface area contributed by atoms with Crippen LogP contribution in [0.3, 0.4) is 0 Å². The summed E-state index contributed by atoms with van der Waals surface area (Å²) < 4.78 is 15.4. The monoisotopic (exact) mass is 322 g/mol. The fourth-order valence-electron chi connectivity index (χ4n) is 1.17. The molecule has 0 fully saturated rings. The van der Waals surface area contributed by atoms with Gasteiger partial charge in [0.2, 0.25) is 0 Å². The van der Waals surface area contributed by atoms with Crippen LogP contribution in [0.5, 0.6) is 0 Å². The van der Waals surface area contributed by atoms with Crippen molar-refractivity contribution in [3.63, 3.8) is 0 Å². The second-order valence-electron chi connectivity index (χ2n) is 3.76. The van der Waals surface area contributed by atoms with Gasteiger partial charge >= 0.3 is 102 Å². The van der Waals surface area contributed by atoms with Gasteiger partial charge in [-0.15, -0.1) is 0 Å². The number of unbranched alkanes of at least 4 members (excludes halogenated alkanes) is 1. The molecule has 0 aliphatic rings. The molecule has 0 amide bonds. The van der Waals surface area contributed by atoms with Crippen molar-refractivity contribution in [3.8, 4) is 0 Å². The first-order valence-corrected chi connectivity index (χ1v) is 8.96. The topological polar surface area (TPSA) is 107 Å². The van der Waals surface area contributed by atoms with Crippen molar-refractivity contribution in [2.24, 2.45) is 5.41 Å². The molecular weight excluding hydrogens is 302 g/mol. The zero-order valence-corrected chi connectivity index (χ0v) is 11.7. The number of hydrogen-bond acceptors (Lipinski definition) is 5. The Bertz CT molecular complexity index is 218. The average Bonchev–Trinajstić information content (AvgIpc) is 2.23. The van der Waals surface area contributed by atoms with Gasteiger partial charge in [0.25, 0.3) is 0 Å². The average molecular weight is 321 g/mol. The van der Waals surface area contributed by atoms with Crippen LogP contribution in [0.25, 0.3) is 0 Å². The summed E-state index contributed by atoms with van der Waals surface area (Å²) >= 11 is 1.57. The third-order valence-electron chi connectivity index (χ3n) is 2.37. The molecule has 6 nitrogen and oxygen atoms in total. The Morgan fingerprint density at radius 2 is 1.62 bits per heavy atom. The summed E-state index contributed by atoms with van der Waals surface area (Å²) in [6.07, 6.45) is -1.92. The number of aliphatic hydroxyl groups is 3. The van der Waals surface area contributed by atoms with E-state index in [9.17, 15) is 4.57 Å². The van der Waals surface area contributed by atoms with Crippen LogP contribution in [0, 0.1) is 5.41 Å². The van der Waals surface area contributed by atoms with E-state index < -0.39 is 11.7 Å². The minimum absolute atomic E-state index is 0.140. The van der Waals surface area contributed by atoms with Crippen LogP contribution in [-0.4, -0.2) is 62.2 Å². The van der Waals surface area contributed by atoms with Gasteiger partial charge in [0.15, 0.2) is 0 Å². The fourth-order valence-corrected chi connectivity index (χ4v) is 2.05. The number of aliphatic hydroxyl groups excluding tert-OH is 3. The summed E-state index contributed by atoms with van der Waals surface area (Å²) in [7, 11) is 0. The minimum atomic E-state index is -3.48. The Kier molecular flexibility index (Phi) is 8.06. The molecule has 0 aromatic carbocycles. The molecule has 0 aromatic rings. The van der Waals surface area contributed by atoms with E-state index in [1.165, 1.54) is 0 Å². The number of hydrogen-bond donors (Lipinski definition) is 4. The van der Waals surface area contributed by atoms with Crippen molar-refractivity contribution >= 4 is 21.9 Å². The van der Waals surface area contributed by atoms with E-state index in [1.807, 2.05) is 0 Å². The zero-order chi connectivity index (χ0) is 12.7. The Labute approximate surface area is 103 Å². The maximum absolute atomic E-state index is 10.7. The second kappa shape index (κ2) is 7.79. The molecule has 8 heteroatoms. The Hall–Kier alpha value is 0.549. The number of rotatable bonds is 9. The molecule has 1 atom stereocenters. The first-order valence-electron chi connectivity index (χ1n) is 4.92. The molecule has 0 aromatic heterocycles. The first-order chi connectivity index (χ1) is 7.39. The van der Waals surface area contributed by atoms with E-state index in [-0.39, 0.29) is 26.4 Å². The van der Waals surface area contributed by atoms with Gasteiger partial charge in [-0.05, 0) is 0 Å². The molecular formula is C8H19O6PSe. The van der Waals surface area contributed by atoms with Crippen molar-refractivity contribution in [2.75, 3.05) is 26.4 Å². The van der Waals surface area contributed by atoms with Crippen LogP contribution in [-0.2, 0) is 9.09 Å². The molecule has 0 spiro atoms. The van der Waals surface area contributed by atoms with Crippen molar-refractivity contribution in [1.29, 1.82) is 0 Å². The molecule has 0 radical (unpaired) electrons. The van der Waals surface area contributed by atoms with Crippen molar-refractivity contribution in [2.45, 2.75) is 19.3 Å². The molecule has 0 aliphatic carbocycles. The van der Waals surface area contributed by atoms with E-state index in [4.69, 9.17) is 20.2 Å². The maximum atomic E-state index is 10.7. The Morgan fingerprint density at radius 1 is 1.12 bits per heavy atom.